The molecule has 3 nitrogen and oxygen atoms in total. The molecule has 0 spiro atoms. The van der Waals surface area contributed by atoms with Crippen molar-refractivity contribution in [2.75, 3.05) is 0 Å². The minimum atomic E-state index is -5.23. The monoisotopic (exact) mass is 248 g/mol. The molecule has 0 saturated carbocycles. The van der Waals surface area contributed by atoms with E-state index in [1.165, 1.54) is 0 Å². The molecular formula is C6H2F5O3P. The van der Waals surface area contributed by atoms with Crippen molar-refractivity contribution in [2.45, 2.75) is 0 Å². The van der Waals surface area contributed by atoms with E-state index >= 15 is 0 Å². The molecule has 0 aliphatic carbocycles. The smallest absolute Gasteiger partial charge is 0.249 e. The third-order valence-electron chi connectivity index (χ3n) is 1.49. The molecule has 0 amide bonds. The van der Waals surface area contributed by atoms with Crippen LogP contribution in [0.5, 0.6) is 0 Å². The van der Waals surface area contributed by atoms with E-state index in [0.717, 1.165) is 0 Å². The van der Waals surface area contributed by atoms with Gasteiger partial charge in [-0.2, -0.15) is 0 Å². The number of hydrogen-bond acceptors (Lipinski definition) is 3. The zero-order chi connectivity index (χ0) is 11.6. The first-order valence-corrected chi connectivity index (χ1v) is 4.85. The van der Waals surface area contributed by atoms with Gasteiger partial charge in [-0.25, -0.2) is 17.7 Å². The minimum absolute atomic E-state index is 0.318. The fourth-order valence-corrected chi connectivity index (χ4v) is 1.58. The van der Waals surface area contributed by atoms with Crippen LogP contribution in [0.15, 0.2) is 12.1 Å². The van der Waals surface area contributed by atoms with Gasteiger partial charge in [0.25, 0.3) is 0 Å². The number of hydrogen-bond donors (Lipinski definition) is 0. The second-order valence-corrected chi connectivity index (χ2v) is 4.08. The maximum Gasteiger partial charge on any atom is 0.426 e. The Balaban J connectivity index is 3.39. The predicted molar refractivity (Wildman–Crippen MR) is 37.9 cm³/mol. The SMILES string of the molecule is O=P(OF)(OF)c1ccc(F)c(F)c1F. The van der Waals surface area contributed by atoms with Crippen molar-refractivity contribution in [3.63, 3.8) is 0 Å². The normalized spacial score (nSPS) is 11.8. The van der Waals surface area contributed by atoms with E-state index < -0.39 is 30.4 Å². The van der Waals surface area contributed by atoms with E-state index in [-0.39, 0.29) is 0 Å². The highest BCUT2D eigenvalue weighted by Crippen LogP contribution is 2.48. The van der Waals surface area contributed by atoms with Crippen LogP contribution >= 0.6 is 7.60 Å². The molecule has 0 N–H and O–H groups in total. The second-order valence-electron chi connectivity index (χ2n) is 2.33. The van der Waals surface area contributed by atoms with Crippen molar-refractivity contribution in [2.24, 2.45) is 0 Å². The van der Waals surface area contributed by atoms with Gasteiger partial charge in [-0.3, -0.25) is 0 Å². The molecule has 84 valence electrons. The van der Waals surface area contributed by atoms with E-state index in [1.54, 1.807) is 0 Å². The van der Waals surface area contributed by atoms with Crippen LogP contribution in [0.4, 0.5) is 22.2 Å². The van der Waals surface area contributed by atoms with Crippen LogP contribution in [-0.4, -0.2) is 0 Å². The van der Waals surface area contributed by atoms with Gasteiger partial charge in [0.1, 0.15) is 5.30 Å². The molecule has 0 atom stereocenters. The van der Waals surface area contributed by atoms with Crippen molar-refractivity contribution >= 4 is 12.9 Å². The second kappa shape index (κ2) is 4.26. The molecule has 0 fully saturated rings. The molecule has 0 unspecified atom stereocenters. The Bertz CT molecular complexity index is 415. The van der Waals surface area contributed by atoms with Gasteiger partial charge in [-0.05, 0) is 21.2 Å². The summed E-state index contributed by atoms with van der Waals surface area (Å²) in [5.74, 6) is -5.70. The van der Waals surface area contributed by atoms with Crippen LogP contribution < -0.4 is 5.30 Å². The maximum absolute atomic E-state index is 12.9. The van der Waals surface area contributed by atoms with Crippen LogP contribution in [0, 0.1) is 17.5 Å². The van der Waals surface area contributed by atoms with E-state index in [9.17, 15) is 26.8 Å². The van der Waals surface area contributed by atoms with Crippen LogP contribution in [0.3, 0.4) is 0 Å². The molecule has 0 aromatic heterocycles. The summed E-state index contributed by atoms with van der Waals surface area (Å²) >= 11 is 0. The van der Waals surface area contributed by atoms with Crippen LogP contribution in [0.1, 0.15) is 0 Å². The topological polar surface area (TPSA) is 35.5 Å². The van der Waals surface area contributed by atoms with Gasteiger partial charge in [0.05, 0.1) is 0 Å². The zero-order valence-corrected chi connectivity index (χ0v) is 7.61. The fraction of sp³-hybridized carbons (Fsp3) is 0. The van der Waals surface area contributed by atoms with Gasteiger partial charge in [-0.1, -0.05) is 9.46 Å². The van der Waals surface area contributed by atoms with Gasteiger partial charge in [0, 0.05) is 0 Å². The minimum Gasteiger partial charge on any atom is -0.249 e. The third-order valence-corrected chi connectivity index (χ3v) is 2.79. The Kier molecular flexibility index (Phi) is 3.43. The first kappa shape index (κ1) is 12.1. The van der Waals surface area contributed by atoms with Gasteiger partial charge >= 0.3 is 7.60 Å². The Morgan fingerprint density at radius 3 is 2.00 bits per heavy atom. The lowest BCUT2D eigenvalue weighted by Crippen LogP contribution is -2.14. The average Bonchev–Trinajstić information content (AvgIpc) is 2.25. The van der Waals surface area contributed by atoms with Gasteiger partial charge < -0.3 is 0 Å². The van der Waals surface area contributed by atoms with Crippen molar-refractivity contribution in [3.05, 3.63) is 29.6 Å². The molecule has 1 rings (SSSR count). The largest absolute Gasteiger partial charge is 0.426 e. The molecule has 0 aliphatic rings. The zero-order valence-electron chi connectivity index (χ0n) is 6.72. The first-order valence-electron chi connectivity index (χ1n) is 3.31. The van der Waals surface area contributed by atoms with Gasteiger partial charge in [-0.15, -0.1) is 0 Å². The van der Waals surface area contributed by atoms with E-state index in [4.69, 9.17) is 0 Å². The van der Waals surface area contributed by atoms with Gasteiger partial charge in [0.2, 0.25) is 0 Å². The quantitative estimate of drug-likeness (QED) is 0.468. The highest BCUT2D eigenvalue weighted by molar-refractivity contribution is 7.61. The molecule has 0 bridgehead atoms. The Morgan fingerprint density at radius 1 is 1.00 bits per heavy atom. The fourth-order valence-electron chi connectivity index (χ4n) is 0.812. The molecule has 15 heavy (non-hydrogen) atoms. The predicted octanol–water partition coefficient (Wildman–Crippen LogP) is 2.72. The van der Waals surface area contributed by atoms with Crippen molar-refractivity contribution in [3.8, 4) is 0 Å². The van der Waals surface area contributed by atoms with E-state index in [0.29, 0.717) is 12.1 Å². The summed E-state index contributed by atoms with van der Waals surface area (Å²) in [6, 6.07) is 0.659. The first-order chi connectivity index (χ1) is 6.96. The molecule has 0 saturated heterocycles. The molecule has 0 heterocycles. The molecule has 0 radical (unpaired) electrons. The highest BCUT2D eigenvalue weighted by Gasteiger charge is 2.36. The molecule has 9 heteroatoms. The van der Waals surface area contributed by atoms with Crippen molar-refractivity contribution in [1.29, 1.82) is 0 Å². The Hall–Kier alpha value is -0.980. The standard InChI is InChI=1S/C6H2F5O3P/c7-3-1-2-4(6(9)5(3)8)15(12,13-10)14-11/h1-2H. The van der Waals surface area contributed by atoms with Crippen molar-refractivity contribution < 1.29 is 36.2 Å². The lowest BCUT2D eigenvalue weighted by Gasteiger charge is -2.08. The molecular weight excluding hydrogens is 246 g/mol. The summed E-state index contributed by atoms with van der Waals surface area (Å²) in [7, 11) is -5.23. The molecule has 1 aromatic rings. The van der Waals surface area contributed by atoms with E-state index in [2.05, 4.69) is 9.46 Å². The number of halogens is 5. The Morgan fingerprint density at radius 2 is 1.53 bits per heavy atom. The summed E-state index contributed by atoms with van der Waals surface area (Å²) in [6.07, 6.45) is 0. The van der Waals surface area contributed by atoms with Crippen molar-refractivity contribution in [1.82, 2.24) is 0 Å². The van der Waals surface area contributed by atoms with Crippen LogP contribution in [-0.2, 0) is 14.0 Å². The number of rotatable bonds is 3. The van der Waals surface area contributed by atoms with Crippen LogP contribution in [0.2, 0.25) is 0 Å². The highest BCUT2D eigenvalue weighted by atomic mass is 31.2. The maximum atomic E-state index is 12.9. The average molecular weight is 248 g/mol. The summed E-state index contributed by atoms with van der Waals surface area (Å²) in [4.78, 5) is 0. The summed E-state index contributed by atoms with van der Waals surface area (Å²) in [6.45, 7) is 0. The lowest BCUT2D eigenvalue weighted by molar-refractivity contribution is -0.0830. The Labute approximate surface area is 79.8 Å². The number of benzene rings is 1. The molecule has 1 aromatic carbocycles. The van der Waals surface area contributed by atoms with Gasteiger partial charge in [0.15, 0.2) is 17.5 Å². The molecule has 0 aliphatic heterocycles. The summed E-state index contributed by atoms with van der Waals surface area (Å²) in [5.41, 5.74) is 0. The van der Waals surface area contributed by atoms with E-state index in [1.807, 2.05) is 0 Å². The summed E-state index contributed by atoms with van der Waals surface area (Å²) < 4.78 is 77.1. The summed E-state index contributed by atoms with van der Waals surface area (Å²) in [5, 5.41) is -1.38. The van der Waals surface area contributed by atoms with Crippen LogP contribution in [0.25, 0.3) is 0 Å². The lowest BCUT2D eigenvalue weighted by atomic mass is 10.3. The third kappa shape index (κ3) is 2.01.